The Kier molecular flexibility index (Phi) is 5.10. The van der Waals surface area contributed by atoms with Crippen LogP contribution in [0.3, 0.4) is 0 Å². The van der Waals surface area contributed by atoms with Crippen molar-refractivity contribution in [3.05, 3.63) is 52.6 Å². The molecule has 1 aliphatic heterocycles. The number of hydrogen-bond donors (Lipinski definition) is 3. The monoisotopic (exact) mass is 381 g/mol. The molecule has 1 aliphatic rings. The van der Waals surface area contributed by atoms with Gasteiger partial charge in [0, 0.05) is 12.6 Å². The quantitative estimate of drug-likeness (QED) is 0.664. The molecule has 9 nitrogen and oxygen atoms in total. The summed E-state index contributed by atoms with van der Waals surface area (Å²) >= 11 is 0. The standard InChI is InChI=1S/C16H19N3O6S/c1-10-2-4-11(5-3-10)26(23,24)18-14-6-7-19(16(22)17-14)15-8-12(21)13(9-20)25-15/h2-7,12-13,15,20-21H,8-9H2,1H3,(H,17,18,22)/t12-,13+,15+/m0/s1. The molecule has 3 atom stereocenters. The second kappa shape index (κ2) is 7.16. The van der Waals surface area contributed by atoms with Gasteiger partial charge < -0.3 is 14.9 Å². The van der Waals surface area contributed by atoms with Gasteiger partial charge in [-0.05, 0) is 25.1 Å². The summed E-state index contributed by atoms with van der Waals surface area (Å²) < 4.78 is 33.5. The molecule has 0 saturated carbocycles. The van der Waals surface area contributed by atoms with Crippen molar-refractivity contribution in [1.82, 2.24) is 9.55 Å². The fourth-order valence-electron chi connectivity index (χ4n) is 2.65. The van der Waals surface area contributed by atoms with Gasteiger partial charge in [-0.3, -0.25) is 9.29 Å². The maximum absolute atomic E-state index is 12.3. The van der Waals surface area contributed by atoms with Gasteiger partial charge in [-0.25, -0.2) is 13.2 Å². The number of ether oxygens (including phenoxy) is 1. The predicted octanol–water partition coefficient (Wildman–Crippen LogP) is -0.00678. The lowest BCUT2D eigenvalue weighted by Crippen LogP contribution is -2.28. The molecule has 26 heavy (non-hydrogen) atoms. The number of nitrogens with zero attached hydrogens (tertiary/aromatic N) is 2. The summed E-state index contributed by atoms with van der Waals surface area (Å²) in [6.45, 7) is 1.47. The van der Waals surface area contributed by atoms with Crippen LogP contribution in [0.4, 0.5) is 5.82 Å². The lowest BCUT2D eigenvalue weighted by Gasteiger charge is -2.15. The molecule has 2 heterocycles. The molecule has 0 bridgehead atoms. The highest BCUT2D eigenvalue weighted by Crippen LogP contribution is 2.27. The summed E-state index contributed by atoms with van der Waals surface area (Å²) in [7, 11) is -3.87. The first-order valence-corrected chi connectivity index (χ1v) is 9.41. The maximum Gasteiger partial charge on any atom is 0.351 e. The van der Waals surface area contributed by atoms with Gasteiger partial charge in [-0.2, -0.15) is 4.98 Å². The molecule has 0 spiro atoms. The molecule has 1 saturated heterocycles. The van der Waals surface area contributed by atoms with Gasteiger partial charge in [0.05, 0.1) is 17.6 Å². The van der Waals surface area contributed by atoms with E-state index >= 15 is 0 Å². The highest BCUT2D eigenvalue weighted by molar-refractivity contribution is 7.92. The number of benzene rings is 1. The SMILES string of the molecule is Cc1ccc(S(=O)(=O)Nc2ccn([C@H]3C[C@H](O)[C@@H](CO)O3)c(=O)n2)cc1. The fourth-order valence-corrected chi connectivity index (χ4v) is 3.65. The van der Waals surface area contributed by atoms with Gasteiger partial charge in [0.1, 0.15) is 18.1 Å². The van der Waals surface area contributed by atoms with E-state index in [1.807, 2.05) is 6.92 Å². The zero-order valence-electron chi connectivity index (χ0n) is 13.9. The smallest absolute Gasteiger partial charge is 0.351 e. The molecule has 2 aromatic rings. The summed E-state index contributed by atoms with van der Waals surface area (Å²) in [6.07, 6.45) is -0.978. The molecule has 3 rings (SSSR count). The number of hydrogen-bond acceptors (Lipinski definition) is 7. The third-order valence-electron chi connectivity index (χ3n) is 4.09. The average molecular weight is 381 g/mol. The van der Waals surface area contributed by atoms with Gasteiger partial charge in [-0.1, -0.05) is 17.7 Å². The Balaban J connectivity index is 1.80. The molecule has 0 unspecified atom stereocenters. The first-order valence-electron chi connectivity index (χ1n) is 7.93. The van der Waals surface area contributed by atoms with Crippen LogP contribution in [0.5, 0.6) is 0 Å². The Morgan fingerprint density at radius 1 is 1.31 bits per heavy atom. The number of sulfonamides is 1. The summed E-state index contributed by atoms with van der Waals surface area (Å²) in [5.41, 5.74) is 0.189. The highest BCUT2D eigenvalue weighted by Gasteiger charge is 2.35. The van der Waals surface area contributed by atoms with Crippen molar-refractivity contribution in [3.8, 4) is 0 Å². The first-order chi connectivity index (χ1) is 12.3. The van der Waals surface area contributed by atoms with Gasteiger partial charge in [-0.15, -0.1) is 0 Å². The van der Waals surface area contributed by atoms with E-state index in [2.05, 4.69) is 9.71 Å². The lowest BCUT2D eigenvalue weighted by molar-refractivity contribution is -0.0458. The van der Waals surface area contributed by atoms with E-state index in [-0.39, 0.29) is 23.7 Å². The van der Waals surface area contributed by atoms with Crippen LogP contribution in [-0.4, -0.2) is 47.0 Å². The molecule has 0 aliphatic carbocycles. The minimum absolute atomic E-state index is 0.0575. The molecule has 3 N–H and O–H groups in total. The van der Waals surface area contributed by atoms with E-state index in [0.29, 0.717) is 0 Å². The van der Waals surface area contributed by atoms with Crippen LogP contribution in [0.2, 0.25) is 0 Å². The first kappa shape index (κ1) is 18.5. The van der Waals surface area contributed by atoms with E-state index < -0.39 is 34.1 Å². The van der Waals surface area contributed by atoms with Crippen LogP contribution in [0.25, 0.3) is 0 Å². The molecular formula is C16H19N3O6S. The Bertz CT molecular complexity index is 941. The molecular weight excluding hydrogens is 362 g/mol. The molecule has 1 fully saturated rings. The lowest BCUT2D eigenvalue weighted by atomic mass is 10.2. The van der Waals surface area contributed by atoms with Crippen molar-refractivity contribution < 1.29 is 23.4 Å². The second-order valence-electron chi connectivity index (χ2n) is 6.04. The van der Waals surface area contributed by atoms with E-state index in [1.165, 1.54) is 24.4 Å². The topological polar surface area (TPSA) is 131 Å². The number of aliphatic hydroxyl groups excluding tert-OH is 2. The van der Waals surface area contributed by atoms with Crippen molar-refractivity contribution in [2.75, 3.05) is 11.3 Å². The normalized spacial score (nSPS) is 23.1. The van der Waals surface area contributed by atoms with Crippen LogP contribution in [-0.2, 0) is 14.8 Å². The average Bonchev–Trinajstić information content (AvgIpc) is 2.95. The molecule has 1 aromatic carbocycles. The van der Waals surface area contributed by atoms with Crippen LogP contribution >= 0.6 is 0 Å². The van der Waals surface area contributed by atoms with Crippen LogP contribution in [0.15, 0.2) is 46.2 Å². The Morgan fingerprint density at radius 2 is 2.00 bits per heavy atom. The molecule has 1 aromatic heterocycles. The summed E-state index contributed by atoms with van der Waals surface area (Å²) in [4.78, 5) is 16.0. The van der Waals surface area contributed by atoms with Gasteiger partial charge in [0.2, 0.25) is 0 Å². The Morgan fingerprint density at radius 3 is 2.58 bits per heavy atom. The second-order valence-corrected chi connectivity index (χ2v) is 7.72. The van der Waals surface area contributed by atoms with Crippen molar-refractivity contribution in [3.63, 3.8) is 0 Å². The molecule has 0 amide bonds. The van der Waals surface area contributed by atoms with E-state index in [4.69, 9.17) is 9.84 Å². The third kappa shape index (κ3) is 3.78. The van der Waals surface area contributed by atoms with Crippen molar-refractivity contribution in [1.29, 1.82) is 0 Å². The maximum atomic E-state index is 12.3. The van der Waals surface area contributed by atoms with Crippen LogP contribution in [0.1, 0.15) is 18.2 Å². The Hall–Kier alpha value is -2.27. The van der Waals surface area contributed by atoms with Crippen molar-refractivity contribution >= 4 is 15.8 Å². The van der Waals surface area contributed by atoms with E-state index in [9.17, 15) is 18.3 Å². The number of rotatable bonds is 5. The summed E-state index contributed by atoms with van der Waals surface area (Å²) in [5, 5.41) is 18.9. The van der Waals surface area contributed by atoms with Gasteiger partial charge in [0.15, 0.2) is 0 Å². The zero-order valence-corrected chi connectivity index (χ0v) is 14.8. The van der Waals surface area contributed by atoms with Gasteiger partial charge in [0.25, 0.3) is 10.0 Å². The largest absolute Gasteiger partial charge is 0.394 e. The number of anilines is 1. The predicted molar refractivity (Wildman–Crippen MR) is 92.1 cm³/mol. The minimum Gasteiger partial charge on any atom is -0.394 e. The van der Waals surface area contributed by atoms with E-state index in [0.717, 1.165) is 10.1 Å². The van der Waals surface area contributed by atoms with Crippen molar-refractivity contribution in [2.24, 2.45) is 0 Å². The molecule has 10 heteroatoms. The number of aryl methyl sites for hydroxylation is 1. The summed E-state index contributed by atoms with van der Waals surface area (Å²) in [5.74, 6) is -0.121. The minimum atomic E-state index is -3.87. The van der Waals surface area contributed by atoms with Crippen molar-refractivity contribution in [2.45, 2.75) is 36.7 Å². The van der Waals surface area contributed by atoms with Crippen LogP contribution in [0, 0.1) is 6.92 Å². The fraction of sp³-hybridized carbons (Fsp3) is 0.375. The molecule has 0 radical (unpaired) electrons. The molecule has 140 valence electrons. The number of aliphatic hydroxyl groups is 2. The van der Waals surface area contributed by atoms with Crippen LogP contribution < -0.4 is 10.4 Å². The van der Waals surface area contributed by atoms with Gasteiger partial charge >= 0.3 is 5.69 Å². The Labute approximate surface area is 149 Å². The summed E-state index contributed by atoms with van der Waals surface area (Å²) in [6, 6.07) is 7.58. The van der Waals surface area contributed by atoms with E-state index in [1.54, 1.807) is 12.1 Å². The third-order valence-corrected chi connectivity index (χ3v) is 5.47. The number of nitrogens with one attached hydrogen (secondary N) is 1. The number of aromatic nitrogens is 2. The zero-order chi connectivity index (χ0) is 18.9. The highest BCUT2D eigenvalue weighted by atomic mass is 32.2.